The Morgan fingerprint density at radius 1 is 1.00 bits per heavy atom. The minimum atomic E-state index is -3.95. The van der Waals surface area contributed by atoms with Gasteiger partial charge in [0.05, 0.1) is 21.0 Å². The van der Waals surface area contributed by atoms with Crippen LogP contribution in [0.1, 0.15) is 60.7 Å². The molecule has 2 N–H and O–H groups in total. The van der Waals surface area contributed by atoms with Crippen LogP contribution in [-0.2, 0) is 9.84 Å². The summed E-state index contributed by atoms with van der Waals surface area (Å²) >= 11 is 0. The lowest BCUT2D eigenvalue weighted by atomic mass is 10.1. The molecule has 0 unspecified atom stereocenters. The van der Waals surface area contributed by atoms with Gasteiger partial charge in [-0.1, -0.05) is 39.3 Å². The third kappa shape index (κ3) is 5.48. The van der Waals surface area contributed by atoms with Gasteiger partial charge in [0.15, 0.2) is 0 Å². The monoisotopic (exact) mass is 486 g/mol. The van der Waals surface area contributed by atoms with E-state index in [0.717, 1.165) is 38.9 Å². The minimum Gasteiger partial charge on any atom is -0.352 e. The maximum Gasteiger partial charge on any atom is 0.274 e. The van der Waals surface area contributed by atoms with E-state index in [4.69, 9.17) is 0 Å². The molecule has 1 aliphatic rings. The molecule has 0 bridgehead atoms. The van der Waals surface area contributed by atoms with Gasteiger partial charge >= 0.3 is 0 Å². The van der Waals surface area contributed by atoms with Gasteiger partial charge in [0, 0.05) is 18.7 Å². The van der Waals surface area contributed by atoms with Crippen LogP contribution >= 0.6 is 0 Å². The predicted octanol–water partition coefficient (Wildman–Crippen LogP) is 3.25. The number of fused-ring (bicyclic) bond motifs is 2. The second-order valence-electron chi connectivity index (χ2n) is 8.23. The third-order valence-corrected chi connectivity index (χ3v) is 7.75. The largest absolute Gasteiger partial charge is 0.352 e. The maximum absolute atomic E-state index is 13.4. The minimum absolute atomic E-state index is 0.0159. The van der Waals surface area contributed by atoms with E-state index in [1.807, 2.05) is 6.92 Å². The van der Waals surface area contributed by atoms with E-state index in [-0.39, 0.29) is 26.9 Å². The van der Waals surface area contributed by atoms with E-state index < -0.39 is 15.7 Å². The average Bonchev–Trinajstić information content (AvgIpc) is 2.91. The van der Waals surface area contributed by atoms with Gasteiger partial charge in [0.1, 0.15) is 0 Å². The number of unbranched alkanes of at least 4 members (excludes halogenated alkanes) is 1. The van der Waals surface area contributed by atoms with Gasteiger partial charge in [-0.25, -0.2) is 18.9 Å². The number of anilines is 1. The van der Waals surface area contributed by atoms with Crippen molar-refractivity contribution in [3.8, 4) is 0 Å². The Morgan fingerprint density at radius 3 is 2.44 bits per heavy atom. The summed E-state index contributed by atoms with van der Waals surface area (Å²) in [5.74, 6) is -0.786. The molecular formula is C25H34N4O4S. The normalized spacial score (nSPS) is 14.5. The molecule has 0 fully saturated rings. The molecule has 0 saturated carbocycles. The Hall–Kier alpha value is -2.75. The number of rotatable bonds is 11. The van der Waals surface area contributed by atoms with Crippen LogP contribution in [-0.4, -0.2) is 57.9 Å². The first-order valence-electron chi connectivity index (χ1n) is 11.9. The first-order valence-corrected chi connectivity index (χ1v) is 13.4. The second-order valence-corrected chi connectivity index (χ2v) is 10.1. The van der Waals surface area contributed by atoms with E-state index >= 15 is 0 Å². The number of nitrogens with zero attached hydrogens (tertiary/aromatic N) is 2. The molecule has 34 heavy (non-hydrogen) atoms. The molecule has 2 aromatic rings. The Balaban J connectivity index is 1.82. The predicted molar refractivity (Wildman–Crippen MR) is 133 cm³/mol. The molecule has 0 radical (unpaired) electrons. The Labute approximate surface area is 202 Å². The summed E-state index contributed by atoms with van der Waals surface area (Å²) in [5.41, 5.74) is 3.48. The number of carbonyl (C=O) groups excluding carboxylic acids is 2. The van der Waals surface area contributed by atoms with Crippen molar-refractivity contribution < 1.29 is 18.0 Å². The van der Waals surface area contributed by atoms with Crippen LogP contribution in [0.15, 0.2) is 52.3 Å². The molecule has 184 valence electrons. The van der Waals surface area contributed by atoms with Crippen LogP contribution in [0.2, 0.25) is 0 Å². The lowest BCUT2D eigenvalue weighted by Gasteiger charge is -2.23. The molecule has 0 aromatic heterocycles. The highest BCUT2D eigenvalue weighted by Gasteiger charge is 2.36. The summed E-state index contributed by atoms with van der Waals surface area (Å²) in [6.45, 7) is 9.96. The van der Waals surface area contributed by atoms with E-state index in [2.05, 4.69) is 29.5 Å². The summed E-state index contributed by atoms with van der Waals surface area (Å²) in [6, 6.07) is 10.5. The highest BCUT2D eigenvalue weighted by atomic mass is 32.2. The van der Waals surface area contributed by atoms with Crippen molar-refractivity contribution in [2.45, 2.75) is 49.8 Å². The number of benzene rings is 2. The zero-order valence-corrected chi connectivity index (χ0v) is 21.0. The Kier molecular flexibility index (Phi) is 8.82. The van der Waals surface area contributed by atoms with Crippen molar-refractivity contribution in [3.63, 3.8) is 0 Å². The molecule has 1 aliphatic heterocycles. The van der Waals surface area contributed by atoms with Crippen molar-refractivity contribution in [1.82, 2.24) is 15.6 Å². The number of amides is 2. The SMILES string of the molecule is CCCCN(CC)CCCNC(=O)c1ccc2c(c1)N(NCC)C(=O)c1ccccc1S2(=O)=O. The number of sulfone groups is 1. The second kappa shape index (κ2) is 11.6. The number of hydrogen-bond acceptors (Lipinski definition) is 6. The van der Waals surface area contributed by atoms with Crippen molar-refractivity contribution in [2.24, 2.45) is 0 Å². The molecule has 0 aliphatic carbocycles. The molecule has 2 aromatic carbocycles. The smallest absolute Gasteiger partial charge is 0.274 e. The van der Waals surface area contributed by atoms with Crippen molar-refractivity contribution in [1.29, 1.82) is 0 Å². The van der Waals surface area contributed by atoms with Crippen LogP contribution in [0.4, 0.5) is 5.69 Å². The lowest BCUT2D eigenvalue weighted by molar-refractivity contribution is 0.0946. The summed E-state index contributed by atoms with van der Waals surface area (Å²) in [4.78, 5) is 28.4. The number of nitrogens with one attached hydrogen (secondary N) is 2. The van der Waals surface area contributed by atoms with Crippen molar-refractivity contribution in [2.75, 3.05) is 37.7 Å². The van der Waals surface area contributed by atoms with Gasteiger partial charge in [0.2, 0.25) is 9.84 Å². The van der Waals surface area contributed by atoms with Gasteiger partial charge in [-0.2, -0.15) is 0 Å². The summed E-state index contributed by atoms with van der Waals surface area (Å²) in [6.07, 6.45) is 3.13. The van der Waals surface area contributed by atoms with E-state index in [1.165, 1.54) is 35.3 Å². The maximum atomic E-state index is 13.4. The molecule has 9 heteroatoms. The van der Waals surface area contributed by atoms with E-state index in [1.54, 1.807) is 12.1 Å². The Morgan fingerprint density at radius 2 is 1.74 bits per heavy atom. The number of hydrazine groups is 1. The molecule has 0 saturated heterocycles. The average molecular weight is 487 g/mol. The fourth-order valence-electron chi connectivity index (χ4n) is 4.02. The first kappa shape index (κ1) is 25.9. The highest BCUT2D eigenvalue weighted by Crippen LogP contribution is 2.36. The standard InChI is InChI=1S/C25H34N4O4S/c1-4-7-16-28(6-3)17-10-15-26-24(30)19-13-14-23-21(18-19)29(27-5-2)25(31)20-11-8-9-12-22(20)34(23,32)33/h8-9,11-14,18,27H,4-7,10,15-17H2,1-3H3,(H,26,30). The molecule has 3 rings (SSSR count). The van der Waals surface area contributed by atoms with Gasteiger partial charge in [-0.15, -0.1) is 0 Å². The molecule has 0 atom stereocenters. The van der Waals surface area contributed by atoms with Crippen LogP contribution in [0, 0.1) is 0 Å². The van der Waals surface area contributed by atoms with E-state index in [9.17, 15) is 18.0 Å². The van der Waals surface area contributed by atoms with Gasteiger partial charge < -0.3 is 10.2 Å². The summed E-state index contributed by atoms with van der Waals surface area (Å²) in [7, 11) is -3.95. The van der Waals surface area contributed by atoms with Crippen molar-refractivity contribution >= 4 is 27.3 Å². The topological polar surface area (TPSA) is 98.8 Å². The molecule has 1 heterocycles. The summed E-state index contributed by atoms with van der Waals surface area (Å²) < 4.78 is 26.7. The molecule has 8 nitrogen and oxygen atoms in total. The van der Waals surface area contributed by atoms with Gasteiger partial charge in [-0.05, 0) is 62.8 Å². The zero-order valence-electron chi connectivity index (χ0n) is 20.1. The van der Waals surface area contributed by atoms with Gasteiger partial charge in [-0.3, -0.25) is 9.59 Å². The fraction of sp³-hybridized carbons (Fsp3) is 0.440. The van der Waals surface area contributed by atoms with Crippen LogP contribution in [0.25, 0.3) is 0 Å². The number of hydrogen-bond donors (Lipinski definition) is 2. The molecular weight excluding hydrogens is 452 g/mol. The Bertz CT molecular complexity index is 1130. The molecule has 0 spiro atoms. The fourth-order valence-corrected chi connectivity index (χ4v) is 5.63. The van der Waals surface area contributed by atoms with E-state index in [0.29, 0.717) is 18.7 Å². The number of carbonyl (C=O) groups is 2. The van der Waals surface area contributed by atoms with Crippen molar-refractivity contribution in [3.05, 3.63) is 53.6 Å². The van der Waals surface area contributed by atoms with Crippen LogP contribution in [0.5, 0.6) is 0 Å². The highest BCUT2D eigenvalue weighted by molar-refractivity contribution is 7.91. The first-order chi connectivity index (χ1) is 16.3. The van der Waals surface area contributed by atoms with Gasteiger partial charge in [0.25, 0.3) is 11.8 Å². The van der Waals surface area contributed by atoms with Crippen LogP contribution in [0.3, 0.4) is 0 Å². The molecule has 2 amide bonds. The lowest BCUT2D eigenvalue weighted by Crippen LogP contribution is -2.43. The van der Waals surface area contributed by atoms with Crippen LogP contribution < -0.4 is 15.8 Å². The third-order valence-electron chi connectivity index (χ3n) is 5.89. The zero-order chi connectivity index (χ0) is 24.7. The summed E-state index contributed by atoms with van der Waals surface area (Å²) in [5, 5.41) is 4.14. The quantitative estimate of drug-likeness (QED) is 0.473.